The minimum absolute atomic E-state index is 0.161. The standard InChI is InChI=1S/C13H11BrN4/c14-11-1-3-12(4-2-11)18-13(9-16-17-18)10-5-7-15-8-6-10/h1-8,13H,9H2/t13-/m1/s1. The van der Waals surface area contributed by atoms with Crippen molar-refractivity contribution in [1.82, 2.24) is 4.98 Å². The van der Waals surface area contributed by atoms with Crippen LogP contribution in [0.25, 0.3) is 0 Å². The van der Waals surface area contributed by atoms with Crippen LogP contribution in [0.4, 0.5) is 5.69 Å². The molecule has 0 bridgehead atoms. The zero-order chi connectivity index (χ0) is 12.4. The predicted octanol–water partition coefficient (Wildman–Crippen LogP) is 3.77. The van der Waals surface area contributed by atoms with Gasteiger partial charge in [-0.25, -0.2) is 5.01 Å². The third-order valence-electron chi connectivity index (χ3n) is 2.89. The highest BCUT2D eigenvalue weighted by atomic mass is 79.9. The molecule has 5 heteroatoms. The van der Waals surface area contributed by atoms with E-state index in [0.29, 0.717) is 6.54 Å². The minimum atomic E-state index is 0.161. The Hall–Kier alpha value is -1.75. The summed E-state index contributed by atoms with van der Waals surface area (Å²) in [5.74, 6) is 0. The maximum absolute atomic E-state index is 4.22. The number of nitrogens with zero attached hydrogens (tertiary/aromatic N) is 4. The lowest BCUT2D eigenvalue weighted by molar-refractivity contribution is 0.730. The van der Waals surface area contributed by atoms with Crippen LogP contribution in [-0.4, -0.2) is 11.5 Å². The first kappa shape index (κ1) is 11.3. The van der Waals surface area contributed by atoms with Crippen LogP contribution in [0.15, 0.2) is 63.6 Å². The SMILES string of the molecule is Brc1ccc(N2N=NC[C@@H]2c2ccncc2)cc1. The first-order valence-electron chi connectivity index (χ1n) is 5.67. The Balaban J connectivity index is 1.91. The van der Waals surface area contributed by atoms with E-state index in [1.165, 1.54) is 5.56 Å². The molecule has 3 rings (SSSR count). The molecule has 0 amide bonds. The van der Waals surface area contributed by atoms with Gasteiger partial charge in [0.15, 0.2) is 0 Å². The predicted molar refractivity (Wildman–Crippen MR) is 73.3 cm³/mol. The van der Waals surface area contributed by atoms with Gasteiger partial charge in [-0.15, -0.1) is 0 Å². The maximum Gasteiger partial charge on any atom is 0.101 e. The molecule has 0 saturated heterocycles. The van der Waals surface area contributed by atoms with Crippen LogP contribution in [0.2, 0.25) is 0 Å². The Bertz CT molecular complexity index is 553. The summed E-state index contributed by atoms with van der Waals surface area (Å²) in [4.78, 5) is 4.04. The molecular weight excluding hydrogens is 292 g/mol. The van der Waals surface area contributed by atoms with Crippen LogP contribution >= 0.6 is 15.9 Å². The third-order valence-corrected chi connectivity index (χ3v) is 3.42. The van der Waals surface area contributed by atoms with Crippen LogP contribution < -0.4 is 5.01 Å². The van der Waals surface area contributed by atoms with Crippen LogP contribution in [-0.2, 0) is 0 Å². The summed E-state index contributed by atoms with van der Waals surface area (Å²) < 4.78 is 1.06. The van der Waals surface area contributed by atoms with Gasteiger partial charge in [-0.3, -0.25) is 4.98 Å². The first-order valence-corrected chi connectivity index (χ1v) is 6.46. The lowest BCUT2D eigenvalue weighted by atomic mass is 10.1. The second kappa shape index (κ2) is 4.86. The molecule has 4 nitrogen and oxygen atoms in total. The average molecular weight is 303 g/mol. The van der Waals surface area contributed by atoms with Gasteiger partial charge >= 0.3 is 0 Å². The van der Waals surface area contributed by atoms with E-state index in [0.717, 1.165) is 10.2 Å². The number of pyridine rings is 1. The Labute approximate surface area is 113 Å². The second-order valence-electron chi connectivity index (χ2n) is 4.03. The first-order chi connectivity index (χ1) is 8.84. The van der Waals surface area contributed by atoms with Gasteiger partial charge < -0.3 is 0 Å². The Morgan fingerprint density at radius 3 is 2.50 bits per heavy atom. The molecule has 0 aliphatic carbocycles. The number of anilines is 1. The highest BCUT2D eigenvalue weighted by Gasteiger charge is 2.25. The Morgan fingerprint density at radius 2 is 1.78 bits per heavy atom. The molecule has 2 heterocycles. The Kier molecular flexibility index (Phi) is 3.06. The summed E-state index contributed by atoms with van der Waals surface area (Å²) in [6.07, 6.45) is 3.60. The summed E-state index contributed by atoms with van der Waals surface area (Å²) in [6, 6.07) is 12.2. The van der Waals surface area contributed by atoms with E-state index < -0.39 is 0 Å². The molecule has 1 atom stereocenters. The molecule has 0 saturated carbocycles. The fourth-order valence-corrected chi connectivity index (χ4v) is 2.24. The van der Waals surface area contributed by atoms with Crippen molar-refractivity contribution in [1.29, 1.82) is 0 Å². The van der Waals surface area contributed by atoms with Crippen LogP contribution in [0, 0.1) is 0 Å². The Morgan fingerprint density at radius 1 is 1.06 bits per heavy atom. The van der Waals surface area contributed by atoms with E-state index in [1.54, 1.807) is 12.4 Å². The van der Waals surface area contributed by atoms with E-state index in [2.05, 4.69) is 31.3 Å². The van der Waals surface area contributed by atoms with Gasteiger partial charge in [0.25, 0.3) is 0 Å². The fourth-order valence-electron chi connectivity index (χ4n) is 1.98. The number of aromatic nitrogens is 1. The topological polar surface area (TPSA) is 40.9 Å². The van der Waals surface area contributed by atoms with Crippen molar-refractivity contribution in [3.05, 3.63) is 58.8 Å². The molecule has 0 fully saturated rings. The molecule has 1 aromatic heterocycles. The molecule has 18 heavy (non-hydrogen) atoms. The highest BCUT2D eigenvalue weighted by molar-refractivity contribution is 9.10. The van der Waals surface area contributed by atoms with E-state index in [9.17, 15) is 0 Å². The third kappa shape index (κ3) is 2.13. The molecule has 0 N–H and O–H groups in total. The van der Waals surface area contributed by atoms with Crippen molar-refractivity contribution in [3.8, 4) is 0 Å². The summed E-state index contributed by atoms with van der Waals surface area (Å²) in [6.45, 7) is 0.681. The molecule has 1 aliphatic rings. The average Bonchev–Trinajstić information content (AvgIpc) is 2.90. The number of halogens is 1. The van der Waals surface area contributed by atoms with Gasteiger partial charge in [-0.1, -0.05) is 21.2 Å². The molecular formula is C13H11BrN4. The smallest absolute Gasteiger partial charge is 0.101 e. The van der Waals surface area contributed by atoms with Crippen LogP contribution in [0.3, 0.4) is 0 Å². The maximum atomic E-state index is 4.22. The quantitative estimate of drug-likeness (QED) is 0.847. The van der Waals surface area contributed by atoms with E-state index in [4.69, 9.17) is 0 Å². The molecule has 0 unspecified atom stereocenters. The summed E-state index contributed by atoms with van der Waals surface area (Å²) in [5.41, 5.74) is 2.22. The zero-order valence-corrected chi connectivity index (χ0v) is 11.2. The normalized spacial score (nSPS) is 18.3. The van der Waals surface area contributed by atoms with Crippen LogP contribution in [0.5, 0.6) is 0 Å². The largest absolute Gasteiger partial charge is 0.265 e. The van der Waals surface area contributed by atoms with E-state index in [1.807, 2.05) is 41.4 Å². The summed E-state index contributed by atoms with van der Waals surface area (Å²) in [5, 5.41) is 10.3. The van der Waals surface area contributed by atoms with Gasteiger partial charge in [0.2, 0.25) is 0 Å². The molecule has 0 radical (unpaired) electrons. The monoisotopic (exact) mass is 302 g/mol. The van der Waals surface area contributed by atoms with Crippen molar-refractivity contribution in [2.45, 2.75) is 6.04 Å². The van der Waals surface area contributed by atoms with Crippen LogP contribution in [0.1, 0.15) is 11.6 Å². The lowest BCUT2D eigenvalue weighted by Gasteiger charge is -2.21. The van der Waals surface area contributed by atoms with Crippen molar-refractivity contribution in [2.75, 3.05) is 11.6 Å². The highest BCUT2D eigenvalue weighted by Crippen LogP contribution is 2.32. The van der Waals surface area contributed by atoms with Gasteiger partial charge in [0, 0.05) is 16.9 Å². The van der Waals surface area contributed by atoms with Crippen molar-refractivity contribution in [3.63, 3.8) is 0 Å². The second-order valence-corrected chi connectivity index (χ2v) is 4.95. The van der Waals surface area contributed by atoms with E-state index in [-0.39, 0.29) is 6.04 Å². The summed E-state index contributed by atoms with van der Waals surface area (Å²) >= 11 is 3.43. The molecule has 1 aromatic carbocycles. The van der Waals surface area contributed by atoms with Gasteiger partial charge in [0.1, 0.15) is 6.04 Å². The minimum Gasteiger partial charge on any atom is -0.265 e. The van der Waals surface area contributed by atoms with Crippen molar-refractivity contribution >= 4 is 21.6 Å². The van der Waals surface area contributed by atoms with Crippen molar-refractivity contribution in [2.24, 2.45) is 10.3 Å². The van der Waals surface area contributed by atoms with Crippen molar-refractivity contribution < 1.29 is 0 Å². The molecule has 0 spiro atoms. The van der Waals surface area contributed by atoms with E-state index >= 15 is 0 Å². The molecule has 1 aliphatic heterocycles. The lowest BCUT2D eigenvalue weighted by Crippen LogP contribution is -2.20. The number of hydrogen-bond donors (Lipinski definition) is 0. The van der Waals surface area contributed by atoms with Gasteiger partial charge in [0.05, 0.1) is 12.2 Å². The number of rotatable bonds is 2. The molecule has 90 valence electrons. The zero-order valence-electron chi connectivity index (χ0n) is 9.57. The van der Waals surface area contributed by atoms with Gasteiger partial charge in [-0.2, -0.15) is 5.11 Å². The van der Waals surface area contributed by atoms with Gasteiger partial charge in [-0.05, 0) is 42.0 Å². The summed E-state index contributed by atoms with van der Waals surface area (Å²) in [7, 11) is 0. The fraction of sp³-hybridized carbons (Fsp3) is 0.154. The molecule has 2 aromatic rings. The number of hydrogen-bond acceptors (Lipinski definition) is 4. The number of benzene rings is 1.